The van der Waals surface area contributed by atoms with Crippen LogP contribution in [-0.2, 0) is 9.53 Å². The van der Waals surface area contributed by atoms with Crippen molar-refractivity contribution in [3.63, 3.8) is 0 Å². The van der Waals surface area contributed by atoms with Crippen LogP contribution in [0.25, 0.3) is 11.8 Å². The first-order chi connectivity index (χ1) is 13.5. The standard InChI is InChI=1S/C19H13N5O4/c1-12-2-5-14(9-17(12)24(26)27)18-22-16(19(25)28-18)8-13-3-6-15(7-4-13)23-11-20-10-21-23/h2-11H,1H3/b16-8+. The molecule has 1 aliphatic heterocycles. The van der Waals surface area contributed by atoms with Gasteiger partial charge in [0.1, 0.15) is 12.7 Å². The maximum atomic E-state index is 12.1. The van der Waals surface area contributed by atoms with Crippen LogP contribution in [-0.4, -0.2) is 31.6 Å². The summed E-state index contributed by atoms with van der Waals surface area (Å²) < 4.78 is 6.80. The molecular weight excluding hydrogens is 362 g/mol. The van der Waals surface area contributed by atoms with E-state index in [0.717, 1.165) is 11.3 Å². The summed E-state index contributed by atoms with van der Waals surface area (Å²) in [5.74, 6) is -0.572. The zero-order chi connectivity index (χ0) is 19.7. The largest absolute Gasteiger partial charge is 0.402 e. The second-order valence-corrected chi connectivity index (χ2v) is 6.03. The van der Waals surface area contributed by atoms with Crippen molar-refractivity contribution in [2.24, 2.45) is 4.99 Å². The van der Waals surface area contributed by atoms with E-state index in [4.69, 9.17) is 4.74 Å². The van der Waals surface area contributed by atoms with Gasteiger partial charge in [0, 0.05) is 17.2 Å². The lowest BCUT2D eigenvalue weighted by atomic mass is 10.1. The summed E-state index contributed by atoms with van der Waals surface area (Å²) in [5.41, 5.74) is 2.52. The number of rotatable bonds is 4. The van der Waals surface area contributed by atoms with Crippen LogP contribution in [0, 0.1) is 17.0 Å². The van der Waals surface area contributed by atoms with Gasteiger partial charge in [-0.15, -0.1) is 0 Å². The predicted molar refractivity (Wildman–Crippen MR) is 99.8 cm³/mol. The molecule has 3 aromatic rings. The molecule has 0 unspecified atom stereocenters. The molecule has 0 atom stereocenters. The molecule has 0 fully saturated rings. The first-order valence-corrected chi connectivity index (χ1v) is 8.24. The van der Waals surface area contributed by atoms with Crippen molar-refractivity contribution in [2.45, 2.75) is 6.92 Å². The normalized spacial score (nSPS) is 14.8. The lowest BCUT2D eigenvalue weighted by molar-refractivity contribution is -0.385. The molecule has 9 nitrogen and oxygen atoms in total. The van der Waals surface area contributed by atoms with Crippen molar-refractivity contribution in [3.8, 4) is 5.69 Å². The molecule has 1 aromatic heterocycles. The lowest BCUT2D eigenvalue weighted by Crippen LogP contribution is -2.06. The number of ether oxygens (including phenoxy) is 1. The van der Waals surface area contributed by atoms with Crippen LogP contribution in [0.15, 0.2) is 65.8 Å². The van der Waals surface area contributed by atoms with Gasteiger partial charge < -0.3 is 4.74 Å². The Labute approximate surface area is 158 Å². The van der Waals surface area contributed by atoms with E-state index in [9.17, 15) is 14.9 Å². The second-order valence-electron chi connectivity index (χ2n) is 6.03. The maximum absolute atomic E-state index is 12.1. The molecule has 0 spiro atoms. The number of nitro benzene ring substituents is 1. The van der Waals surface area contributed by atoms with E-state index in [1.807, 2.05) is 24.3 Å². The Morgan fingerprint density at radius 1 is 1.18 bits per heavy atom. The third-order valence-electron chi connectivity index (χ3n) is 4.15. The van der Waals surface area contributed by atoms with Gasteiger partial charge in [0.25, 0.3) is 5.69 Å². The number of hydrogen-bond donors (Lipinski definition) is 0. The van der Waals surface area contributed by atoms with Crippen LogP contribution in [0.4, 0.5) is 5.69 Å². The van der Waals surface area contributed by atoms with E-state index in [2.05, 4.69) is 15.1 Å². The average molecular weight is 375 g/mol. The van der Waals surface area contributed by atoms with Crippen LogP contribution in [0.2, 0.25) is 0 Å². The highest BCUT2D eigenvalue weighted by Crippen LogP contribution is 2.24. The Balaban J connectivity index is 1.62. The van der Waals surface area contributed by atoms with E-state index >= 15 is 0 Å². The van der Waals surface area contributed by atoms with Gasteiger partial charge in [-0.1, -0.05) is 18.2 Å². The number of aliphatic imine (C=N–C) groups is 1. The van der Waals surface area contributed by atoms with E-state index < -0.39 is 10.9 Å². The van der Waals surface area contributed by atoms with Gasteiger partial charge in [0.15, 0.2) is 5.70 Å². The predicted octanol–water partition coefficient (Wildman–Crippen LogP) is 2.83. The Kier molecular flexibility index (Phi) is 4.24. The third-order valence-corrected chi connectivity index (χ3v) is 4.15. The second kappa shape index (κ2) is 6.88. The van der Waals surface area contributed by atoms with Crippen LogP contribution in [0.3, 0.4) is 0 Å². The number of benzene rings is 2. The number of carbonyl (C=O) groups is 1. The number of carbonyl (C=O) groups excluding carboxylic acids is 1. The number of nitro groups is 1. The van der Waals surface area contributed by atoms with E-state index in [1.165, 1.54) is 12.4 Å². The topological polar surface area (TPSA) is 113 Å². The minimum atomic E-state index is -0.612. The molecule has 1 aliphatic rings. The van der Waals surface area contributed by atoms with Gasteiger partial charge in [0.05, 0.1) is 10.6 Å². The Hall–Kier alpha value is -4.14. The van der Waals surface area contributed by atoms with Crippen molar-refractivity contribution in [1.29, 1.82) is 0 Å². The summed E-state index contributed by atoms with van der Waals surface area (Å²) >= 11 is 0. The highest BCUT2D eigenvalue weighted by molar-refractivity contribution is 6.13. The molecule has 0 saturated carbocycles. The molecule has 0 amide bonds. The fourth-order valence-corrected chi connectivity index (χ4v) is 2.69. The van der Waals surface area contributed by atoms with Gasteiger partial charge in [-0.05, 0) is 36.8 Å². The monoisotopic (exact) mass is 375 g/mol. The van der Waals surface area contributed by atoms with Crippen molar-refractivity contribution >= 4 is 23.6 Å². The molecule has 0 N–H and O–H groups in total. The SMILES string of the molecule is Cc1ccc(C2=N/C(=C/c3ccc(-n4cncn4)cc3)C(=O)O2)cc1[N+](=O)[O-]. The molecule has 2 heterocycles. The zero-order valence-corrected chi connectivity index (χ0v) is 14.6. The first kappa shape index (κ1) is 17.3. The summed E-state index contributed by atoms with van der Waals surface area (Å²) in [6.07, 6.45) is 4.61. The van der Waals surface area contributed by atoms with Crippen molar-refractivity contribution in [1.82, 2.24) is 14.8 Å². The molecular formula is C19H13N5O4. The van der Waals surface area contributed by atoms with Crippen LogP contribution >= 0.6 is 0 Å². The number of aromatic nitrogens is 3. The minimum absolute atomic E-state index is 0.0404. The number of esters is 1. The molecule has 0 radical (unpaired) electrons. The van der Waals surface area contributed by atoms with Gasteiger partial charge in [0.2, 0.25) is 5.90 Å². The van der Waals surface area contributed by atoms with E-state index in [0.29, 0.717) is 11.1 Å². The van der Waals surface area contributed by atoms with Crippen molar-refractivity contribution in [2.75, 3.05) is 0 Å². The first-order valence-electron chi connectivity index (χ1n) is 8.24. The van der Waals surface area contributed by atoms with E-state index in [-0.39, 0.29) is 17.3 Å². The molecule has 28 heavy (non-hydrogen) atoms. The zero-order valence-electron chi connectivity index (χ0n) is 14.6. The van der Waals surface area contributed by atoms with Gasteiger partial charge in [-0.3, -0.25) is 10.1 Å². The molecule has 2 aromatic carbocycles. The summed E-state index contributed by atoms with van der Waals surface area (Å²) in [7, 11) is 0. The van der Waals surface area contributed by atoms with Crippen LogP contribution < -0.4 is 0 Å². The van der Waals surface area contributed by atoms with Crippen molar-refractivity contribution in [3.05, 3.63) is 87.6 Å². The van der Waals surface area contributed by atoms with Crippen LogP contribution in [0.1, 0.15) is 16.7 Å². The van der Waals surface area contributed by atoms with E-state index in [1.54, 1.807) is 36.1 Å². The quantitative estimate of drug-likeness (QED) is 0.300. The molecule has 138 valence electrons. The molecule has 0 aliphatic carbocycles. The van der Waals surface area contributed by atoms with Crippen molar-refractivity contribution < 1.29 is 14.5 Å². The molecule has 0 saturated heterocycles. The maximum Gasteiger partial charge on any atom is 0.363 e. The summed E-state index contributed by atoms with van der Waals surface area (Å²) in [6.45, 7) is 1.64. The third kappa shape index (κ3) is 3.28. The smallest absolute Gasteiger partial charge is 0.363 e. The number of hydrogen-bond acceptors (Lipinski definition) is 7. The summed E-state index contributed by atoms with van der Waals surface area (Å²) in [5, 5.41) is 15.2. The number of cyclic esters (lactones) is 1. The number of nitrogens with zero attached hydrogens (tertiary/aromatic N) is 5. The van der Waals surface area contributed by atoms with Gasteiger partial charge in [-0.2, -0.15) is 5.10 Å². The fraction of sp³-hybridized carbons (Fsp3) is 0.0526. The Morgan fingerprint density at radius 3 is 2.64 bits per heavy atom. The Bertz CT molecular complexity index is 1130. The molecule has 0 bridgehead atoms. The fourth-order valence-electron chi connectivity index (χ4n) is 2.69. The lowest BCUT2D eigenvalue weighted by Gasteiger charge is -2.01. The highest BCUT2D eigenvalue weighted by atomic mass is 16.6. The summed E-state index contributed by atoms with van der Waals surface area (Å²) in [6, 6.07) is 11.8. The number of aryl methyl sites for hydroxylation is 1. The Morgan fingerprint density at radius 2 is 1.96 bits per heavy atom. The van der Waals surface area contributed by atoms with Gasteiger partial charge >= 0.3 is 5.97 Å². The molecule has 4 rings (SSSR count). The highest BCUT2D eigenvalue weighted by Gasteiger charge is 2.25. The minimum Gasteiger partial charge on any atom is -0.402 e. The summed E-state index contributed by atoms with van der Waals surface area (Å²) in [4.78, 5) is 30.9. The van der Waals surface area contributed by atoms with Crippen LogP contribution in [0.5, 0.6) is 0 Å². The van der Waals surface area contributed by atoms with Gasteiger partial charge in [-0.25, -0.2) is 19.5 Å². The molecule has 9 heteroatoms. The average Bonchev–Trinajstić information content (AvgIpc) is 3.33.